The highest BCUT2D eigenvalue weighted by Crippen LogP contribution is 2.23. The summed E-state index contributed by atoms with van der Waals surface area (Å²) < 4.78 is 6.84. The van der Waals surface area contributed by atoms with E-state index in [2.05, 4.69) is 33.0 Å². The predicted molar refractivity (Wildman–Crippen MR) is 105 cm³/mol. The van der Waals surface area contributed by atoms with E-state index in [-0.39, 0.29) is 5.91 Å². The predicted octanol–water partition coefficient (Wildman–Crippen LogP) is 3.93. The van der Waals surface area contributed by atoms with Crippen molar-refractivity contribution in [2.75, 3.05) is 32.8 Å². The molecular formula is C19H23BrN2O2S. The van der Waals surface area contributed by atoms with Crippen molar-refractivity contribution in [2.45, 2.75) is 19.9 Å². The van der Waals surface area contributed by atoms with Crippen molar-refractivity contribution in [3.05, 3.63) is 50.6 Å². The maximum Gasteiger partial charge on any atom is 0.226 e. The first-order valence-corrected chi connectivity index (χ1v) is 10.1. The summed E-state index contributed by atoms with van der Waals surface area (Å²) in [6, 6.07) is 12.2. The number of amides is 1. The number of ether oxygens (including phenoxy) is 1. The van der Waals surface area contributed by atoms with Crippen molar-refractivity contribution >= 4 is 33.2 Å². The monoisotopic (exact) mass is 422 g/mol. The van der Waals surface area contributed by atoms with Gasteiger partial charge in [-0.3, -0.25) is 9.69 Å². The van der Waals surface area contributed by atoms with Crippen LogP contribution in [0, 0.1) is 6.92 Å². The number of hydrogen-bond acceptors (Lipinski definition) is 4. The number of carbonyl (C=O) groups is 1. The molecule has 25 heavy (non-hydrogen) atoms. The lowest BCUT2D eigenvalue weighted by Gasteiger charge is -2.34. The zero-order valence-electron chi connectivity index (χ0n) is 14.4. The molecule has 1 aliphatic heterocycles. The zero-order valence-corrected chi connectivity index (χ0v) is 16.8. The molecule has 0 atom stereocenters. The van der Waals surface area contributed by atoms with Crippen LogP contribution in [0.2, 0.25) is 0 Å². The fraction of sp³-hybridized carbons (Fsp3) is 0.421. The van der Waals surface area contributed by atoms with Crippen molar-refractivity contribution in [1.82, 2.24) is 9.80 Å². The molecule has 0 N–H and O–H groups in total. The third-order valence-corrected chi connectivity index (χ3v) is 5.95. The maximum absolute atomic E-state index is 12.3. The Morgan fingerprint density at radius 3 is 2.48 bits per heavy atom. The molecule has 2 heterocycles. The Balaban J connectivity index is 1.37. The van der Waals surface area contributed by atoms with E-state index in [0.717, 1.165) is 38.5 Å². The number of thiophene rings is 1. The van der Waals surface area contributed by atoms with Crippen molar-refractivity contribution in [3.63, 3.8) is 0 Å². The number of hydrogen-bond donors (Lipinski definition) is 0. The zero-order chi connectivity index (χ0) is 17.6. The Kier molecular flexibility index (Phi) is 6.51. The summed E-state index contributed by atoms with van der Waals surface area (Å²) >= 11 is 5.28. The summed E-state index contributed by atoms with van der Waals surface area (Å²) in [7, 11) is 0. The molecule has 0 radical (unpaired) electrons. The molecular weight excluding hydrogens is 400 g/mol. The lowest BCUT2D eigenvalue weighted by molar-refractivity contribution is -0.133. The summed E-state index contributed by atoms with van der Waals surface area (Å²) in [6.07, 6.45) is 0.436. The number of piperazine rings is 1. The number of halogens is 1. The standard InChI is InChI=1S/C19H23BrN2O2S/c1-15-2-4-16(5-3-15)24-13-8-19(23)22-11-9-21(10-12-22)14-17-6-7-18(20)25-17/h2-7H,8-14H2,1H3. The molecule has 134 valence electrons. The molecule has 0 unspecified atom stereocenters. The molecule has 1 aliphatic rings. The molecule has 0 aliphatic carbocycles. The van der Waals surface area contributed by atoms with Gasteiger partial charge in [-0.15, -0.1) is 11.3 Å². The van der Waals surface area contributed by atoms with Gasteiger partial charge in [0, 0.05) is 37.6 Å². The van der Waals surface area contributed by atoms with Crippen molar-refractivity contribution in [3.8, 4) is 5.75 Å². The summed E-state index contributed by atoms with van der Waals surface area (Å²) in [6.45, 7) is 6.91. The van der Waals surface area contributed by atoms with E-state index in [1.807, 2.05) is 36.1 Å². The average Bonchev–Trinajstić information content (AvgIpc) is 3.02. The van der Waals surface area contributed by atoms with Crippen LogP contribution in [0.5, 0.6) is 5.75 Å². The van der Waals surface area contributed by atoms with Crippen LogP contribution in [-0.4, -0.2) is 48.5 Å². The quantitative estimate of drug-likeness (QED) is 0.706. The Morgan fingerprint density at radius 2 is 1.84 bits per heavy atom. The summed E-state index contributed by atoms with van der Waals surface area (Å²) in [5, 5.41) is 0. The molecule has 1 fully saturated rings. The maximum atomic E-state index is 12.3. The third-order valence-electron chi connectivity index (χ3n) is 4.34. The molecule has 1 saturated heterocycles. The Morgan fingerprint density at radius 1 is 1.12 bits per heavy atom. The first kappa shape index (κ1) is 18.4. The van der Waals surface area contributed by atoms with Crippen LogP contribution in [-0.2, 0) is 11.3 Å². The van der Waals surface area contributed by atoms with Gasteiger partial charge in [-0.2, -0.15) is 0 Å². The number of nitrogens with zero attached hydrogens (tertiary/aromatic N) is 2. The second-order valence-electron chi connectivity index (χ2n) is 6.27. The molecule has 1 aromatic heterocycles. The highest BCUT2D eigenvalue weighted by molar-refractivity contribution is 9.11. The molecule has 2 aromatic rings. The molecule has 0 spiro atoms. The fourth-order valence-electron chi connectivity index (χ4n) is 2.86. The van der Waals surface area contributed by atoms with E-state index in [0.29, 0.717) is 13.0 Å². The Labute approximate surface area is 161 Å². The van der Waals surface area contributed by atoms with Gasteiger partial charge >= 0.3 is 0 Å². The Bertz CT molecular complexity index is 694. The number of aryl methyl sites for hydroxylation is 1. The van der Waals surface area contributed by atoms with Gasteiger partial charge in [-0.1, -0.05) is 17.7 Å². The van der Waals surface area contributed by atoms with E-state index in [1.165, 1.54) is 14.2 Å². The minimum atomic E-state index is 0.186. The number of rotatable bonds is 6. The van der Waals surface area contributed by atoms with Crippen molar-refractivity contribution in [1.29, 1.82) is 0 Å². The Hall–Kier alpha value is -1.37. The second-order valence-corrected chi connectivity index (χ2v) is 8.82. The van der Waals surface area contributed by atoms with Gasteiger partial charge in [0.05, 0.1) is 16.8 Å². The van der Waals surface area contributed by atoms with Crippen LogP contribution < -0.4 is 4.74 Å². The van der Waals surface area contributed by atoms with Crippen LogP contribution >= 0.6 is 27.3 Å². The molecule has 6 heteroatoms. The first-order valence-electron chi connectivity index (χ1n) is 8.54. The lowest BCUT2D eigenvalue weighted by atomic mass is 10.2. The van der Waals surface area contributed by atoms with Crippen molar-refractivity contribution < 1.29 is 9.53 Å². The third kappa shape index (κ3) is 5.56. The van der Waals surface area contributed by atoms with Gasteiger partial charge in [0.1, 0.15) is 5.75 Å². The van der Waals surface area contributed by atoms with E-state index >= 15 is 0 Å². The van der Waals surface area contributed by atoms with Crippen LogP contribution in [0.25, 0.3) is 0 Å². The highest BCUT2D eigenvalue weighted by atomic mass is 79.9. The van der Waals surface area contributed by atoms with Crippen molar-refractivity contribution in [2.24, 2.45) is 0 Å². The van der Waals surface area contributed by atoms with E-state index in [4.69, 9.17) is 4.74 Å². The number of carbonyl (C=O) groups excluding carboxylic acids is 1. The molecule has 0 bridgehead atoms. The summed E-state index contributed by atoms with van der Waals surface area (Å²) in [5.41, 5.74) is 1.20. The van der Waals surface area contributed by atoms with E-state index < -0.39 is 0 Å². The molecule has 1 amide bonds. The summed E-state index contributed by atoms with van der Waals surface area (Å²) in [4.78, 5) is 18.1. The topological polar surface area (TPSA) is 32.8 Å². The minimum Gasteiger partial charge on any atom is -0.493 e. The van der Waals surface area contributed by atoms with Gasteiger partial charge in [0.25, 0.3) is 0 Å². The van der Waals surface area contributed by atoms with Gasteiger partial charge in [-0.05, 0) is 47.1 Å². The van der Waals surface area contributed by atoms with Gasteiger partial charge in [0.15, 0.2) is 0 Å². The van der Waals surface area contributed by atoms with Crippen LogP contribution in [0.4, 0.5) is 0 Å². The van der Waals surface area contributed by atoms with Crippen LogP contribution in [0.3, 0.4) is 0 Å². The number of benzene rings is 1. The van der Waals surface area contributed by atoms with Crippen LogP contribution in [0.1, 0.15) is 16.9 Å². The minimum absolute atomic E-state index is 0.186. The fourth-order valence-corrected chi connectivity index (χ4v) is 4.39. The molecule has 0 saturated carbocycles. The normalized spacial score (nSPS) is 15.4. The first-order chi connectivity index (χ1) is 12.1. The summed E-state index contributed by atoms with van der Waals surface area (Å²) in [5.74, 6) is 1.01. The second kappa shape index (κ2) is 8.83. The molecule has 3 rings (SSSR count). The average molecular weight is 423 g/mol. The molecule has 4 nitrogen and oxygen atoms in total. The van der Waals surface area contributed by atoms with E-state index in [9.17, 15) is 4.79 Å². The highest BCUT2D eigenvalue weighted by Gasteiger charge is 2.21. The lowest BCUT2D eigenvalue weighted by Crippen LogP contribution is -2.48. The van der Waals surface area contributed by atoms with Crippen LogP contribution in [0.15, 0.2) is 40.2 Å². The van der Waals surface area contributed by atoms with Gasteiger partial charge < -0.3 is 9.64 Å². The largest absolute Gasteiger partial charge is 0.493 e. The smallest absolute Gasteiger partial charge is 0.226 e. The SMILES string of the molecule is Cc1ccc(OCCC(=O)N2CCN(Cc3ccc(Br)s3)CC2)cc1. The molecule has 1 aromatic carbocycles. The van der Waals surface area contributed by atoms with Gasteiger partial charge in [0.2, 0.25) is 5.91 Å². The van der Waals surface area contributed by atoms with E-state index in [1.54, 1.807) is 11.3 Å². The van der Waals surface area contributed by atoms with Gasteiger partial charge in [-0.25, -0.2) is 0 Å².